The first-order valence-corrected chi connectivity index (χ1v) is 6.32. The summed E-state index contributed by atoms with van der Waals surface area (Å²) in [6.07, 6.45) is 0. The Hall–Kier alpha value is -1.65. The van der Waals surface area contributed by atoms with E-state index in [2.05, 4.69) is 0 Å². The maximum Gasteiger partial charge on any atom is 0.137 e. The van der Waals surface area contributed by atoms with Crippen molar-refractivity contribution in [3.63, 3.8) is 0 Å². The summed E-state index contributed by atoms with van der Waals surface area (Å²) in [7, 11) is 0. The van der Waals surface area contributed by atoms with E-state index in [9.17, 15) is 4.39 Å². The molecule has 0 heterocycles. The van der Waals surface area contributed by atoms with Gasteiger partial charge in [0.25, 0.3) is 0 Å². The van der Waals surface area contributed by atoms with Gasteiger partial charge in [-0.2, -0.15) is 0 Å². The van der Waals surface area contributed by atoms with Gasteiger partial charge in [-0.1, -0.05) is 48.1 Å². The highest BCUT2D eigenvalue weighted by atomic mass is 35.5. The fourth-order valence-corrected chi connectivity index (χ4v) is 2.02. The molecule has 2 aromatic carbocycles. The fourth-order valence-electron chi connectivity index (χ4n) is 1.63. The van der Waals surface area contributed by atoms with Crippen molar-refractivity contribution in [2.24, 2.45) is 5.73 Å². The van der Waals surface area contributed by atoms with Crippen LogP contribution in [0.4, 0.5) is 4.39 Å². The zero-order valence-corrected chi connectivity index (χ0v) is 11.5. The monoisotopic (exact) mass is 295 g/mol. The Morgan fingerprint density at radius 3 is 2.63 bits per heavy atom. The van der Waals surface area contributed by atoms with Gasteiger partial charge in [-0.3, -0.25) is 0 Å². The number of ether oxygens (including phenoxy) is 1. The Balaban J connectivity index is 2.23. The summed E-state index contributed by atoms with van der Waals surface area (Å²) in [4.78, 5) is -0.0349. The van der Waals surface area contributed by atoms with E-state index in [1.807, 2.05) is 18.2 Å². The lowest BCUT2D eigenvalue weighted by Crippen LogP contribution is -2.14. The Kier molecular flexibility index (Phi) is 4.35. The second-order valence-electron chi connectivity index (χ2n) is 3.86. The van der Waals surface area contributed by atoms with Crippen LogP contribution in [0.15, 0.2) is 42.5 Å². The lowest BCUT2D eigenvalue weighted by molar-refractivity contribution is 0.304. The second-order valence-corrected chi connectivity index (χ2v) is 4.70. The third-order valence-corrected chi connectivity index (χ3v) is 3.14. The third-order valence-electron chi connectivity index (χ3n) is 2.56. The zero-order valence-electron chi connectivity index (χ0n) is 9.90. The first kappa shape index (κ1) is 13.8. The van der Waals surface area contributed by atoms with Crippen molar-refractivity contribution in [2.45, 2.75) is 6.61 Å². The average Bonchev–Trinajstić information content (AvgIpc) is 2.37. The van der Waals surface area contributed by atoms with Crippen molar-refractivity contribution in [1.82, 2.24) is 0 Å². The molecule has 0 amide bonds. The van der Waals surface area contributed by atoms with Gasteiger partial charge in [0.05, 0.1) is 5.56 Å². The van der Waals surface area contributed by atoms with Crippen LogP contribution in [0.3, 0.4) is 0 Å². The summed E-state index contributed by atoms with van der Waals surface area (Å²) in [5, 5.41) is 0.593. The smallest absolute Gasteiger partial charge is 0.137 e. The van der Waals surface area contributed by atoms with Crippen molar-refractivity contribution in [1.29, 1.82) is 0 Å². The number of benzene rings is 2. The molecule has 2 nitrogen and oxygen atoms in total. The van der Waals surface area contributed by atoms with Crippen LogP contribution >= 0.6 is 23.8 Å². The van der Waals surface area contributed by atoms with Gasteiger partial charge in [0.1, 0.15) is 23.2 Å². The zero-order chi connectivity index (χ0) is 13.8. The van der Waals surface area contributed by atoms with Crippen molar-refractivity contribution in [3.05, 3.63) is 64.4 Å². The number of halogens is 2. The predicted octanol–water partition coefficient (Wildman–Crippen LogP) is 3.69. The highest BCUT2D eigenvalue weighted by Gasteiger charge is 2.12. The minimum atomic E-state index is -0.496. The van der Waals surface area contributed by atoms with Gasteiger partial charge in [-0.25, -0.2) is 4.39 Å². The van der Waals surface area contributed by atoms with E-state index in [1.165, 1.54) is 6.07 Å². The molecule has 0 atom stereocenters. The molecule has 2 N–H and O–H groups in total. The number of hydrogen-bond acceptors (Lipinski definition) is 2. The minimum absolute atomic E-state index is 0.0349. The first-order chi connectivity index (χ1) is 9.09. The van der Waals surface area contributed by atoms with Gasteiger partial charge in [0.15, 0.2) is 0 Å². The Labute approximate surface area is 120 Å². The van der Waals surface area contributed by atoms with E-state index in [0.29, 0.717) is 10.8 Å². The van der Waals surface area contributed by atoms with Crippen LogP contribution < -0.4 is 10.5 Å². The molecule has 0 saturated heterocycles. The van der Waals surface area contributed by atoms with Crippen LogP contribution in [0, 0.1) is 5.82 Å². The number of hydrogen-bond donors (Lipinski definition) is 1. The molecule has 0 aromatic heterocycles. The van der Waals surface area contributed by atoms with Gasteiger partial charge in [0.2, 0.25) is 0 Å². The molecule has 0 aliphatic carbocycles. The molecule has 0 aliphatic rings. The van der Waals surface area contributed by atoms with Crippen LogP contribution in [0.2, 0.25) is 5.02 Å². The molecule has 0 bridgehead atoms. The summed E-state index contributed by atoms with van der Waals surface area (Å²) in [5.41, 5.74) is 6.42. The fraction of sp³-hybridized carbons (Fsp3) is 0.0714. The third kappa shape index (κ3) is 3.22. The van der Waals surface area contributed by atoms with E-state index >= 15 is 0 Å². The lowest BCUT2D eigenvalue weighted by Gasteiger charge is -2.12. The molecule has 98 valence electrons. The molecule has 2 rings (SSSR count). The van der Waals surface area contributed by atoms with Gasteiger partial charge in [-0.05, 0) is 18.2 Å². The molecule has 5 heteroatoms. The van der Waals surface area contributed by atoms with Gasteiger partial charge in [-0.15, -0.1) is 0 Å². The minimum Gasteiger partial charge on any atom is -0.488 e. The molecule has 19 heavy (non-hydrogen) atoms. The normalized spacial score (nSPS) is 10.2. The molecule has 0 unspecified atom stereocenters. The molecule has 0 spiro atoms. The van der Waals surface area contributed by atoms with E-state index in [-0.39, 0.29) is 17.2 Å². The van der Waals surface area contributed by atoms with Gasteiger partial charge < -0.3 is 10.5 Å². The number of thiocarbonyl (C=S) groups is 1. The highest BCUT2D eigenvalue weighted by Crippen LogP contribution is 2.24. The van der Waals surface area contributed by atoms with Crippen LogP contribution in [-0.2, 0) is 6.61 Å². The molecule has 0 radical (unpaired) electrons. The summed E-state index contributed by atoms with van der Waals surface area (Å²) in [6, 6.07) is 11.7. The van der Waals surface area contributed by atoms with E-state index < -0.39 is 5.82 Å². The second kappa shape index (κ2) is 5.99. The summed E-state index contributed by atoms with van der Waals surface area (Å²) in [6.45, 7) is 0.221. The Morgan fingerprint density at radius 2 is 1.95 bits per heavy atom. The molecule has 2 aromatic rings. The summed E-state index contributed by atoms with van der Waals surface area (Å²) < 4.78 is 19.2. The van der Waals surface area contributed by atoms with Gasteiger partial charge >= 0.3 is 0 Å². The first-order valence-electron chi connectivity index (χ1n) is 5.54. The van der Waals surface area contributed by atoms with Gasteiger partial charge in [0, 0.05) is 10.6 Å². The maximum absolute atomic E-state index is 13.6. The maximum atomic E-state index is 13.6. The van der Waals surface area contributed by atoms with Crippen LogP contribution in [-0.4, -0.2) is 4.99 Å². The van der Waals surface area contributed by atoms with Crippen molar-refractivity contribution in [3.8, 4) is 5.75 Å². The lowest BCUT2D eigenvalue weighted by atomic mass is 10.2. The number of nitrogens with two attached hydrogens (primary N) is 1. The molecular formula is C14H11ClFNOS. The Bertz CT molecular complexity index is 618. The van der Waals surface area contributed by atoms with Crippen molar-refractivity contribution in [2.75, 3.05) is 0 Å². The SMILES string of the molecule is NC(=S)c1c(F)cccc1OCc1ccccc1Cl. The van der Waals surface area contributed by atoms with E-state index in [4.69, 9.17) is 34.3 Å². The Morgan fingerprint density at radius 1 is 1.21 bits per heavy atom. The number of rotatable bonds is 4. The van der Waals surface area contributed by atoms with E-state index in [0.717, 1.165) is 5.56 Å². The standard InChI is InChI=1S/C14H11ClFNOS/c15-10-5-2-1-4-9(10)8-18-12-7-3-6-11(16)13(12)14(17)19/h1-7H,8H2,(H2,17,19). The molecular weight excluding hydrogens is 285 g/mol. The average molecular weight is 296 g/mol. The van der Waals surface area contributed by atoms with Crippen molar-refractivity contribution < 1.29 is 9.13 Å². The quantitative estimate of drug-likeness (QED) is 0.874. The largest absolute Gasteiger partial charge is 0.488 e. The van der Waals surface area contributed by atoms with Crippen LogP contribution in [0.25, 0.3) is 0 Å². The van der Waals surface area contributed by atoms with E-state index in [1.54, 1.807) is 18.2 Å². The topological polar surface area (TPSA) is 35.2 Å². The summed E-state index contributed by atoms with van der Waals surface area (Å²) >= 11 is 10.8. The van der Waals surface area contributed by atoms with Crippen molar-refractivity contribution >= 4 is 28.8 Å². The summed E-state index contributed by atoms with van der Waals surface area (Å²) in [5.74, 6) is -0.184. The predicted molar refractivity (Wildman–Crippen MR) is 78.1 cm³/mol. The van der Waals surface area contributed by atoms with Crippen LogP contribution in [0.1, 0.15) is 11.1 Å². The molecule has 0 fully saturated rings. The molecule has 0 saturated carbocycles. The van der Waals surface area contributed by atoms with Crippen LogP contribution in [0.5, 0.6) is 5.75 Å². The highest BCUT2D eigenvalue weighted by molar-refractivity contribution is 7.80. The molecule has 0 aliphatic heterocycles.